The fourth-order valence-corrected chi connectivity index (χ4v) is 0.423. The van der Waals surface area contributed by atoms with Crippen LogP contribution in [0.4, 0.5) is 0 Å². The Bertz CT molecular complexity index is 97.4. The third kappa shape index (κ3) is 4.53. The van der Waals surface area contributed by atoms with Gasteiger partial charge in [0.25, 0.3) is 0 Å². The van der Waals surface area contributed by atoms with Crippen LogP contribution in [0.1, 0.15) is 13.8 Å². The van der Waals surface area contributed by atoms with Gasteiger partial charge < -0.3 is 9.47 Å². The molecule has 0 fully saturated rings. The Kier molecular flexibility index (Phi) is 5.26. The van der Waals surface area contributed by atoms with E-state index in [0.717, 1.165) is 5.57 Å². The van der Waals surface area contributed by atoms with Gasteiger partial charge in [-0.05, 0) is 11.5 Å². The van der Waals surface area contributed by atoms with Crippen molar-refractivity contribution in [3.8, 4) is 0 Å². The highest BCUT2D eigenvalue weighted by atomic mass is 16.7. The highest BCUT2D eigenvalue weighted by Gasteiger charge is 1.98. The van der Waals surface area contributed by atoms with Crippen molar-refractivity contribution >= 4 is 0 Å². The van der Waals surface area contributed by atoms with Gasteiger partial charge in [-0.15, -0.1) is 0 Å². The van der Waals surface area contributed by atoms with E-state index < -0.39 is 0 Å². The molecule has 10 heavy (non-hydrogen) atoms. The number of methoxy groups -OCH3 is 1. The highest BCUT2D eigenvalue weighted by molar-refractivity contribution is 4.97. The van der Waals surface area contributed by atoms with Gasteiger partial charge in [0, 0.05) is 7.11 Å². The molecule has 2 nitrogen and oxygen atoms in total. The average Bonchev–Trinajstić information content (AvgIpc) is 1.88. The van der Waals surface area contributed by atoms with Crippen molar-refractivity contribution in [3.05, 3.63) is 12.2 Å². The molecule has 0 aliphatic rings. The van der Waals surface area contributed by atoms with Crippen LogP contribution in [0.15, 0.2) is 12.2 Å². The van der Waals surface area contributed by atoms with E-state index in [1.54, 1.807) is 7.11 Å². The lowest BCUT2D eigenvalue weighted by molar-refractivity contribution is -0.0225. The Morgan fingerprint density at radius 2 is 2.10 bits per heavy atom. The lowest BCUT2D eigenvalue weighted by atomic mass is 10.1. The molecule has 0 amide bonds. The van der Waals surface area contributed by atoms with Crippen LogP contribution >= 0.6 is 0 Å². The second-order valence-corrected chi connectivity index (χ2v) is 2.57. The minimum absolute atomic E-state index is 0.353. The normalized spacial score (nSPS) is 10.4. The second kappa shape index (κ2) is 5.45. The zero-order valence-electron chi connectivity index (χ0n) is 7.02. The molecule has 0 aliphatic carbocycles. The van der Waals surface area contributed by atoms with Crippen molar-refractivity contribution in [3.63, 3.8) is 0 Å². The van der Waals surface area contributed by atoms with E-state index in [-0.39, 0.29) is 0 Å². The standard InChI is InChI=1S/C8H16O2/c1-7(2)8(3)5-10-6-9-4/h7H,3,5-6H2,1-2,4H3. The maximum Gasteiger partial charge on any atom is 0.146 e. The molecule has 0 saturated carbocycles. The molecule has 2 heteroatoms. The maximum atomic E-state index is 5.08. The summed E-state index contributed by atoms with van der Waals surface area (Å²) in [6.07, 6.45) is 0. The molecule has 0 bridgehead atoms. The molecule has 0 atom stereocenters. The predicted octanol–water partition coefficient (Wildman–Crippen LogP) is 1.82. The molecule has 0 saturated heterocycles. The largest absolute Gasteiger partial charge is 0.359 e. The van der Waals surface area contributed by atoms with E-state index in [1.165, 1.54) is 0 Å². The Labute approximate surface area is 62.8 Å². The number of hydrogen-bond acceptors (Lipinski definition) is 2. The SMILES string of the molecule is C=C(COCOC)C(C)C. The first-order valence-electron chi connectivity index (χ1n) is 3.42. The Morgan fingerprint density at radius 1 is 1.50 bits per heavy atom. The smallest absolute Gasteiger partial charge is 0.146 e. The Balaban J connectivity index is 3.22. The molecular formula is C8H16O2. The van der Waals surface area contributed by atoms with Gasteiger partial charge in [0.15, 0.2) is 0 Å². The van der Waals surface area contributed by atoms with Crippen LogP contribution in [-0.2, 0) is 9.47 Å². The van der Waals surface area contributed by atoms with E-state index >= 15 is 0 Å². The molecule has 0 unspecified atom stereocenters. The molecule has 0 spiro atoms. The molecular weight excluding hydrogens is 128 g/mol. The van der Waals surface area contributed by atoms with Crippen LogP contribution in [0.25, 0.3) is 0 Å². The summed E-state index contributed by atoms with van der Waals surface area (Å²) in [5.41, 5.74) is 1.11. The van der Waals surface area contributed by atoms with Gasteiger partial charge in [-0.3, -0.25) is 0 Å². The molecule has 0 heterocycles. The van der Waals surface area contributed by atoms with Crippen molar-refractivity contribution in [1.82, 2.24) is 0 Å². The van der Waals surface area contributed by atoms with Gasteiger partial charge in [0.05, 0.1) is 6.61 Å². The number of hydrogen-bond donors (Lipinski definition) is 0. The van der Waals surface area contributed by atoms with Gasteiger partial charge in [-0.25, -0.2) is 0 Å². The van der Waals surface area contributed by atoms with E-state index in [2.05, 4.69) is 20.4 Å². The molecule has 0 aromatic rings. The number of ether oxygens (including phenoxy) is 2. The molecule has 0 rings (SSSR count). The summed E-state index contributed by atoms with van der Waals surface area (Å²) in [7, 11) is 1.61. The second-order valence-electron chi connectivity index (χ2n) is 2.57. The summed E-state index contributed by atoms with van der Waals surface area (Å²) in [6, 6.07) is 0. The van der Waals surface area contributed by atoms with Gasteiger partial charge in [0.2, 0.25) is 0 Å². The van der Waals surface area contributed by atoms with Gasteiger partial charge in [-0.2, -0.15) is 0 Å². The monoisotopic (exact) mass is 144 g/mol. The lowest BCUT2D eigenvalue weighted by Gasteiger charge is -2.08. The van der Waals surface area contributed by atoms with Crippen molar-refractivity contribution in [1.29, 1.82) is 0 Å². The summed E-state index contributed by atoms with van der Waals surface area (Å²) in [4.78, 5) is 0. The maximum absolute atomic E-state index is 5.08. The zero-order chi connectivity index (χ0) is 7.98. The van der Waals surface area contributed by atoms with Gasteiger partial charge >= 0.3 is 0 Å². The van der Waals surface area contributed by atoms with E-state index in [1.807, 2.05) is 0 Å². The minimum atomic E-state index is 0.353. The molecule has 0 aromatic heterocycles. The topological polar surface area (TPSA) is 18.5 Å². The van der Waals surface area contributed by atoms with E-state index in [0.29, 0.717) is 19.3 Å². The van der Waals surface area contributed by atoms with Crippen LogP contribution < -0.4 is 0 Å². The highest BCUT2D eigenvalue weighted by Crippen LogP contribution is 2.05. The van der Waals surface area contributed by atoms with Crippen LogP contribution in [0.3, 0.4) is 0 Å². The third-order valence-electron chi connectivity index (χ3n) is 1.31. The van der Waals surface area contributed by atoms with E-state index in [9.17, 15) is 0 Å². The van der Waals surface area contributed by atoms with E-state index in [4.69, 9.17) is 9.47 Å². The molecule has 0 radical (unpaired) electrons. The van der Waals surface area contributed by atoms with Crippen molar-refractivity contribution in [2.45, 2.75) is 13.8 Å². The first-order chi connectivity index (χ1) is 4.68. The van der Waals surface area contributed by atoms with Crippen molar-refractivity contribution in [2.24, 2.45) is 5.92 Å². The van der Waals surface area contributed by atoms with Crippen LogP contribution in [0, 0.1) is 5.92 Å². The average molecular weight is 144 g/mol. The molecule has 0 aliphatic heterocycles. The summed E-state index contributed by atoms with van der Waals surface area (Å²) in [5, 5.41) is 0. The first-order valence-corrected chi connectivity index (χ1v) is 3.42. The van der Waals surface area contributed by atoms with Crippen molar-refractivity contribution < 1.29 is 9.47 Å². The summed E-state index contributed by atoms with van der Waals surface area (Å²) in [6.45, 7) is 8.99. The molecule has 0 aromatic carbocycles. The summed E-state index contributed by atoms with van der Waals surface area (Å²) < 4.78 is 9.79. The molecule has 60 valence electrons. The number of rotatable bonds is 5. The minimum Gasteiger partial charge on any atom is -0.359 e. The Morgan fingerprint density at radius 3 is 2.50 bits per heavy atom. The third-order valence-corrected chi connectivity index (χ3v) is 1.31. The molecule has 0 N–H and O–H groups in total. The quantitative estimate of drug-likeness (QED) is 0.333. The van der Waals surface area contributed by atoms with Gasteiger partial charge in [-0.1, -0.05) is 20.4 Å². The van der Waals surface area contributed by atoms with Crippen LogP contribution in [0.5, 0.6) is 0 Å². The summed E-state index contributed by atoms with van der Waals surface area (Å²) >= 11 is 0. The van der Waals surface area contributed by atoms with Gasteiger partial charge in [0.1, 0.15) is 6.79 Å². The fraction of sp³-hybridized carbons (Fsp3) is 0.750. The lowest BCUT2D eigenvalue weighted by Crippen LogP contribution is -2.04. The zero-order valence-corrected chi connectivity index (χ0v) is 7.02. The fourth-order valence-electron chi connectivity index (χ4n) is 0.423. The van der Waals surface area contributed by atoms with Crippen LogP contribution in [0.2, 0.25) is 0 Å². The predicted molar refractivity (Wildman–Crippen MR) is 41.8 cm³/mol. The first kappa shape index (κ1) is 9.66. The van der Waals surface area contributed by atoms with Crippen LogP contribution in [-0.4, -0.2) is 20.5 Å². The summed E-state index contributed by atoms with van der Waals surface area (Å²) in [5.74, 6) is 0.497. The van der Waals surface area contributed by atoms with Crippen molar-refractivity contribution in [2.75, 3.05) is 20.5 Å². The Hall–Kier alpha value is -0.340.